The molecule has 2 rings (SSSR count). The van der Waals surface area contributed by atoms with Crippen molar-refractivity contribution in [2.75, 3.05) is 5.32 Å². The van der Waals surface area contributed by atoms with Gasteiger partial charge in [-0.2, -0.15) is 0 Å². The lowest BCUT2D eigenvalue weighted by atomic mass is 10.1. The monoisotopic (exact) mass is 218 g/mol. The Kier molecular flexibility index (Phi) is 3.25. The van der Waals surface area contributed by atoms with E-state index in [9.17, 15) is 4.79 Å². The lowest BCUT2D eigenvalue weighted by Crippen LogP contribution is -2.29. The van der Waals surface area contributed by atoms with Crippen LogP contribution in [0.1, 0.15) is 24.8 Å². The number of benzene rings is 1. The van der Waals surface area contributed by atoms with Gasteiger partial charge in [0.1, 0.15) is 0 Å². The molecule has 1 aliphatic rings. The van der Waals surface area contributed by atoms with E-state index < -0.39 is 0 Å². The Bertz CT molecular complexity index is 385. The molecule has 0 aliphatic heterocycles. The second-order valence-corrected chi connectivity index (χ2v) is 4.57. The van der Waals surface area contributed by atoms with Crippen molar-refractivity contribution in [1.82, 2.24) is 0 Å². The van der Waals surface area contributed by atoms with Gasteiger partial charge in [0.2, 0.25) is 5.91 Å². The fourth-order valence-corrected chi connectivity index (χ4v) is 1.82. The van der Waals surface area contributed by atoms with Crippen molar-refractivity contribution in [2.45, 2.75) is 32.2 Å². The minimum atomic E-state index is 0.0219. The molecular weight excluding hydrogens is 200 g/mol. The second-order valence-electron chi connectivity index (χ2n) is 4.57. The van der Waals surface area contributed by atoms with Crippen molar-refractivity contribution in [3.63, 3.8) is 0 Å². The molecule has 0 bridgehead atoms. The number of amides is 1. The predicted octanol–water partition coefficient (Wildman–Crippen LogP) is 2.06. The summed E-state index contributed by atoms with van der Waals surface area (Å²) in [6.07, 6.45) is 2.79. The molecule has 0 radical (unpaired) electrons. The number of aryl methyl sites for hydroxylation is 1. The molecule has 0 aromatic heterocycles. The molecule has 1 aromatic rings. The van der Waals surface area contributed by atoms with E-state index in [2.05, 4.69) is 5.32 Å². The quantitative estimate of drug-likeness (QED) is 0.812. The molecule has 1 fully saturated rings. The summed E-state index contributed by atoms with van der Waals surface area (Å²) >= 11 is 0. The molecule has 1 aromatic carbocycles. The Morgan fingerprint density at radius 2 is 2.19 bits per heavy atom. The van der Waals surface area contributed by atoms with Crippen molar-refractivity contribution in [1.29, 1.82) is 0 Å². The maximum Gasteiger partial charge on any atom is 0.225 e. The Morgan fingerprint density at radius 3 is 2.81 bits per heavy atom. The van der Waals surface area contributed by atoms with Crippen molar-refractivity contribution in [3.05, 3.63) is 29.8 Å². The highest BCUT2D eigenvalue weighted by Crippen LogP contribution is 2.32. The summed E-state index contributed by atoms with van der Waals surface area (Å²) in [5.41, 5.74) is 7.87. The number of carbonyl (C=O) groups is 1. The van der Waals surface area contributed by atoms with Crippen molar-refractivity contribution in [3.8, 4) is 0 Å². The number of para-hydroxylation sites is 1. The number of nitrogens with two attached hydrogens (primary N) is 1. The highest BCUT2D eigenvalue weighted by molar-refractivity contribution is 5.91. The molecule has 1 aliphatic carbocycles. The number of hydrogen-bond acceptors (Lipinski definition) is 2. The number of anilines is 1. The molecule has 0 saturated heterocycles. The Balaban J connectivity index is 1.89. The van der Waals surface area contributed by atoms with E-state index in [-0.39, 0.29) is 11.9 Å². The van der Waals surface area contributed by atoms with E-state index in [1.54, 1.807) is 0 Å². The molecule has 16 heavy (non-hydrogen) atoms. The summed E-state index contributed by atoms with van der Waals surface area (Å²) in [6.45, 7) is 1.98. The minimum Gasteiger partial charge on any atom is -0.327 e. The van der Waals surface area contributed by atoms with Crippen LogP contribution < -0.4 is 11.1 Å². The zero-order valence-corrected chi connectivity index (χ0v) is 9.57. The number of nitrogens with one attached hydrogen (secondary N) is 1. The number of rotatable bonds is 4. The van der Waals surface area contributed by atoms with Gasteiger partial charge in [0.05, 0.1) is 0 Å². The Morgan fingerprint density at radius 1 is 1.50 bits per heavy atom. The van der Waals surface area contributed by atoms with Gasteiger partial charge in [0.15, 0.2) is 0 Å². The highest BCUT2D eigenvalue weighted by atomic mass is 16.1. The van der Waals surface area contributed by atoms with Gasteiger partial charge in [-0.1, -0.05) is 18.2 Å². The van der Waals surface area contributed by atoms with Crippen LogP contribution in [0.5, 0.6) is 0 Å². The van der Waals surface area contributed by atoms with Crippen LogP contribution in [0.2, 0.25) is 0 Å². The van der Waals surface area contributed by atoms with E-state index in [1.807, 2.05) is 31.2 Å². The van der Waals surface area contributed by atoms with Gasteiger partial charge in [-0.05, 0) is 37.3 Å². The van der Waals surface area contributed by atoms with Crippen LogP contribution in [0.15, 0.2) is 24.3 Å². The van der Waals surface area contributed by atoms with Crippen molar-refractivity contribution < 1.29 is 4.79 Å². The summed E-state index contributed by atoms with van der Waals surface area (Å²) in [5, 5.41) is 2.90. The lowest BCUT2D eigenvalue weighted by Gasteiger charge is -2.11. The smallest absolute Gasteiger partial charge is 0.225 e. The molecule has 0 spiro atoms. The topological polar surface area (TPSA) is 55.1 Å². The molecule has 86 valence electrons. The fourth-order valence-electron chi connectivity index (χ4n) is 1.82. The molecule has 1 atom stereocenters. The Labute approximate surface area is 96.0 Å². The van der Waals surface area contributed by atoms with Crippen LogP contribution in [0, 0.1) is 12.8 Å². The molecule has 3 nitrogen and oxygen atoms in total. The first kappa shape index (κ1) is 11.1. The molecule has 0 heterocycles. The third-order valence-corrected chi connectivity index (χ3v) is 3.07. The van der Waals surface area contributed by atoms with E-state index in [1.165, 1.54) is 12.8 Å². The fraction of sp³-hybridized carbons (Fsp3) is 0.462. The predicted molar refractivity (Wildman–Crippen MR) is 65.1 cm³/mol. The second kappa shape index (κ2) is 4.66. The number of hydrogen-bond donors (Lipinski definition) is 2. The first-order valence-electron chi connectivity index (χ1n) is 5.78. The lowest BCUT2D eigenvalue weighted by molar-refractivity contribution is -0.116. The van der Waals surface area contributed by atoms with E-state index in [0.29, 0.717) is 12.3 Å². The minimum absolute atomic E-state index is 0.0219. The zero-order chi connectivity index (χ0) is 11.5. The van der Waals surface area contributed by atoms with Gasteiger partial charge in [-0.25, -0.2) is 0 Å². The van der Waals surface area contributed by atoms with E-state index >= 15 is 0 Å². The molecule has 1 saturated carbocycles. The SMILES string of the molecule is Cc1ccccc1NC(=O)CC(N)C1CC1. The molecule has 1 amide bonds. The standard InChI is InChI=1S/C13H18N2O/c1-9-4-2-3-5-12(9)15-13(16)8-11(14)10-6-7-10/h2-5,10-11H,6-8,14H2,1H3,(H,15,16). The van der Waals surface area contributed by atoms with Gasteiger partial charge in [-0.15, -0.1) is 0 Å². The Hall–Kier alpha value is -1.35. The third kappa shape index (κ3) is 2.83. The normalized spacial score (nSPS) is 16.9. The van der Waals surface area contributed by atoms with E-state index in [0.717, 1.165) is 11.3 Å². The van der Waals surface area contributed by atoms with Gasteiger partial charge in [0, 0.05) is 18.2 Å². The van der Waals surface area contributed by atoms with Crippen LogP contribution in [0.4, 0.5) is 5.69 Å². The highest BCUT2D eigenvalue weighted by Gasteiger charge is 2.29. The molecule has 3 N–H and O–H groups in total. The van der Waals surface area contributed by atoms with Crippen LogP contribution in [-0.2, 0) is 4.79 Å². The third-order valence-electron chi connectivity index (χ3n) is 3.07. The summed E-state index contributed by atoms with van der Waals surface area (Å²) in [6, 6.07) is 7.81. The number of carbonyl (C=O) groups excluding carboxylic acids is 1. The van der Waals surface area contributed by atoms with Crippen LogP contribution in [0.3, 0.4) is 0 Å². The van der Waals surface area contributed by atoms with Gasteiger partial charge >= 0.3 is 0 Å². The maximum atomic E-state index is 11.7. The molecule has 3 heteroatoms. The van der Waals surface area contributed by atoms with E-state index in [4.69, 9.17) is 5.73 Å². The first-order valence-corrected chi connectivity index (χ1v) is 5.78. The van der Waals surface area contributed by atoms with Crippen molar-refractivity contribution in [2.24, 2.45) is 11.7 Å². The zero-order valence-electron chi connectivity index (χ0n) is 9.57. The molecular formula is C13H18N2O. The first-order chi connectivity index (χ1) is 7.66. The summed E-state index contributed by atoms with van der Waals surface area (Å²) < 4.78 is 0. The van der Waals surface area contributed by atoms with Gasteiger partial charge in [0.25, 0.3) is 0 Å². The van der Waals surface area contributed by atoms with Crippen LogP contribution in [0.25, 0.3) is 0 Å². The maximum absolute atomic E-state index is 11.7. The molecule has 1 unspecified atom stereocenters. The summed E-state index contributed by atoms with van der Waals surface area (Å²) in [7, 11) is 0. The summed E-state index contributed by atoms with van der Waals surface area (Å²) in [5.74, 6) is 0.594. The van der Waals surface area contributed by atoms with Gasteiger partial charge < -0.3 is 11.1 Å². The van der Waals surface area contributed by atoms with Crippen LogP contribution >= 0.6 is 0 Å². The average molecular weight is 218 g/mol. The van der Waals surface area contributed by atoms with Gasteiger partial charge in [-0.3, -0.25) is 4.79 Å². The largest absolute Gasteiger partial charge is 0.327 e. The average Bonchev–Trinajstić information content (AvgIpc) is 3.04. The van der Waals surface area contributed by atoms with Crippen molar-refractivity contribution >= 4 is 11.6 Å². The summed E-state index contributed by atoms with van der Waals surface area (Å²) in [4.78, 5) is 11.7. The van der Waals surface area contributed by atoms with Crippen LogP contribution in [-0.4, -0.2) is 11.9 Å².